The molecule has 0 spiro atoms. The van der Waals surface area contributed by atoms with Crippen molar-refractivity contribution in [2.75, 3.05) is 0 Å². The Morgan fingerprint density at radius 1 is 0.714 bits per heavy atom. The average molecular weight is 306 g/mol. The second-order valence-corrected chi connectivity index (χ2v) is 3.42. The van der Waals surface area contributed by atoms with Crippen molar-refractivity contribution < 1.29 is 151 Å². The van der Waals surface area contributed by atoms with E-state index < -0.39 is 15.6 Å². The predicted molar refractivity (Wildman–Crippen MR) is 22.1 cm³/mol. The van der Waals surface area contributed by atoms with E-state index in [0.29, 0.717) is 0 Å². The molecule has 0 atom stereocenters. The molecule has 0 aromatic carbocycles. The Kier molecular flexibility index (Phi) is 43.4. The molecule has 0 rings (SSSR count). The summed E-state index contributed by atoms with van der Waals surface area (Å²) in [5, 5.41) is 0. The molecule has 0 radical (unpaired) electrons. The van der Waals surface area contributed by atoms with E-state index >= 15 is 0 Å². The van der Waals surface area contributed by atoms with Gasteiger partial charge in [-0.15, -0.1) is 0 Å². The summed E-state index contributed by atoms with van der Waals surface area (Å²) < 4.78 is 21.2. The quantitative estimate of drug-likeness (QED) is 0.365. The fraction of sp³-hybridized carbons (Fsp3) is 0. The predicted octanol–water partition coefficient (Wildman–Crippen LogP) is -15.7. The molecule has 14 heavy (non-hydrogen) atoms. The first-order chi connectivity index (χ1) is 3.71. The Bertz CT molecular complexity index is 164. The maximum Gasteiger partial charge on any atom is 2.00 e. The van der Waals surface area contributed by atoms with Gasteiger partial charge in [-0.2, -0.15) is 0 Å². The van der Waals surface area contributed by atoms with Gasteiger partial charge in [0.15, 0.2) is 0 Å². The SMILES string of the molecule is O=P([O-])([O-])OP(=O)([O-])[O-].[Ca+2].[Na+].[Na+].[Na+].[Na+]. The number of phosphoric acid groups is 2. The molecule has 0 heterocycles. The summed E-state index contributed by atoms with van der Waals surface area (Å²) >= 11 is 0. The molecule has 0 aliphatic heterocycles. The van der Waals surface area contributed by atoms with Crippen molar-refractivity contribution >= 4 is 53.4 Å². The molecule has 0 aromatic heterocycles. The van der Waals surface area contributed by atoms with Crippen LogP contribution in [0.3, 0.4) is 0 Å². The molecular weight excluding hydrogens is 306 g/mol. The molecule has 0 unspecified atom stereocenters. The topological polar surface area (TPSA) is 136 Å². The minimum atomic E-state index is -5.68. The zero-order chi connectivity index (χ0) is 7.71. The molecule has 0 aliphatic carbocycles. The Hall–Kier alpha value is 5.52. The molecule has 0 saturated carbocycles. The molecule has 0 N–H and O–H groups in total. The van der Waals surface area contributed by atoms with E-state index in [4.69, 9.17) is 0 Å². The normalized spacial score (nSPS) is 8.86. The first-order valence-corrected chi connectivity index (χ1v) is 4.38. The molecule has 14 heteroatoms. The van der Waals surface area contributed by atoms with Crippen molar-refractivity contribution in [3.63, 3.8) is 0 Å². The van der Waals surface area contributed by atoms with Crippen LogP contribution < -0.4 is 138 Å². The molecular formula is CaNa4O7P2+2. The molecule has 0 amide bonds. The Morgan fingerprint density at radius 2 is 0.857 bits per heavy atom. The van der Waals surface area contributed by atoms with Gasteiger partial charge in [-0.3, -0.25) is 0 Å². The number of rotatable bonds is 2. The summed E-state index contributed by atoms with van der Waals surface area (Å²) in [6.07, 6.45) is 0. The van der Waals surface area contributed by atoms with Crippen LogP contribution in [-0.4, -0.2) is 37.7 Å². The molecule has 56 valence electrons. The van der Waals surface area contributed by atoms with Crippen LogP contribution in [0.25, 0.3) is 0 Å². The molecule has 0 saturated heterocycles. The van der Waals surface area contributed by atoms with Crippen molar-refractivity contribution in [1.82, 2.24) is 0 Å². The number of hydrogen-bond donors (Lipinski definition) is 0. The van der Waals surface area contributed by atoms with Gasteiger partial charge in [0.25, 0.3) is 0 Å². The van der Waals surface area contributed by atoms with Gasteiger partial charge < -0.3 is 33.0 Å². The maximum absolute atomic E-state index is 9.32. The molecule has 7 nitrogen and oxygen atoms in total. The molecule has 0 bridgehead atoms. The van der Waals surface area contributed by atoms with Crippen molar-refractivity contribution in [1.29, 1.82) is 0 Å². The largest absolute Gasteiger partial charge is 2.00 e. The first kappa shape index (κ1) is 36.6. The maximum atomic E-state index is 9.32. The van der Waals surface area contributed by atoms with Gasteiger partial charge in [-0.05, 0) is 0 Å². The Balaban J connectivity index is -0.0000000320. The van der Waals surface area contributed by atoms with Gasteiger partial charge in [-0.1, -0.05) is 0 Å². The van der Waals surface area contributed by atoms with E-state index in [0.717, 1.165) is 0 Å². The average Bonchev–Trinajstić information content (AvgIpc) is 1.14. The van der Waals surface area contributed by atoms with Crippen molar-refractivity contribution in [3.8, 4) is 0 Å². The summed E-state index contributed by atoms with van der Waals surface area (Å²) in [5.41, 5.74) is 0. The zero-order valence-corrected chi connectivity index (χ0v) is 20.5. The van der Waals surface area contributed by atoms with E-state index in [1.165, 1.54) is 0 Å². The van der Waals surface area contributed by atoms with Crippen LogP contribution in [0.1, 0.15) is 0 Å². The van der Waals surface area contributed by atoms with Gasteiger partial charge in [0.2, 0.25) is 0 Å². The standard InChI is InChI=1S/Ca.4Na.H4O7P2/c;;;;;1-8(2,3)7-9(4,5)6/h;;;;;(H2,1,2,3)(H2,4,5,6)/q+2;4*+1;/p-4. The second kappa shape index (κ2) is 16.6. The van der Waals surface area contributed by atoms with E-state index in [9.17, 15) is 28.7 Å². The van der Waals surface area contributed by atoms with Gasteiger partial charge in [0, 0.05) is 0 Å². The van der Waals surface area contributed by atoms with E-state index in [1.54, 1.807) is 0 Å². The summed E-state index contributed by atoms with van der Waals surface area (Å²) in [6.45, 7) is 0. The van der Waals surface area contributed by atoms with E-state index in [-0.39, 0.29) is 156 Å². The van der Waals surface area contributed by atoms with Crippen LogP contribution in [0.5, 0.6) is 0 Å². The minimum absolute atomic E-state index is 0. The van der Waals surface area contributed by atoms with Crippen LogP contribution in [0.4, 0.5) is 0 Å². The van der Waals surface area contributed by atoms with Gasteiger partial charge >= 0.3 is 156 Å². The third kappa shape index (κ3) is 36.0. The first-order valence-electron chi connectivity index (χ1n) is 1.46. The van der Waals surface area contributed by atoms with Crippen LogP contribution in [0, 0.1) is 0 Å². The molecule has 0 fully saturated rings. The van der Waals surface area contributed by atoms with Crippen LogP contribution in [0.15, 0.2) is 0 Å². The third-order valence-corrected chi connectivity index (χ3v) is 1.80. The van der Waals surface area contributed by atoms with Crippen molar-refractivity contribution in [2.24, 2.45) is 0 Å². The summed E-state index contributed by atoms with van der Waals surface area (Å²) in [7, 11) is -11.4. The van der Waals surface area contributed by atoms with E-state index in [1.807, 2.05) is 0 Å². The Morgan fingerprint density at radius 3 is 0.857 bits per heavy atom. The summed E-state index contributed by atoms with van der Waals surface area (Å²) in [4.78, 5) is 37.3. The van der Waals surface area contributed by atoms with E-state index in [2.05, 4.69) is 4.31 Å². The Labute approximate surface area is 200 Å². The van der Waals surface area contributed by atoms with Gasteiger partial charge in [0.05, 0.1) is 15.6 Å². The van der Waals surface area contributed by atoms with Gasteiger partial charge in [0.1, 0.15) is 0 Å². The number of hydrogen-bond acceptors (Lipinski definition) is 7. The van der Waals surface area contributed by atoms with Crippen LogP contribution in [0.2, 0.25) is 0 Å². The second-order valence-electron chi connectivity index (χ2n) is 0.976. The van der Waals surface area contributed by atoms with Gasteiger partial charge in [-0.25, -0.2) is 0 Å². The molecule has 0 aromatic rings. The summed E-state index contributed by atoms with van der Waals surface area (Å²) in [6, 6.07) is 0. The zero-order valence-electron chi connectivity index (χ0n) is 8.46. The third-order valence-electron chi connectivity index (χ3n) is 0.200. The molecule has 0 aliphatic rings. The monoisotopic (exact) mass is 306 g/mol. The van der Waals surface area contributed by atoms with Crippen LogP contribution >= 0.6 is 15.6 Å². The smallest absolute Gasteiger partial charge is 0.790 e. The summed E-state index contributed by atoms with van der Waals surface area (Å²) in [5.74, 6) is 0. The minimum Gasteiger partial charge on any atom is -0.790 e. The van der Waals surface area contributed by atoms with Crippen LogP contribution in [-0.2, 0) is 13.4 Å². The van der Waals surface area contributed by atoms with Crippen molar-refractivity contribution in [3.05, 3.63) is 0 Å². The fourth-order valence-corrected chi connectivity index (χ4v) is 1.10. The fourth-order valence-electron chi connectivity index (χ4n) is 0.122. The van der Waals surface area contributed by atoms with Crippen molar-refractivity contribution in [2.45, 2.75) is 0 Å².